The van der Waals surface area contributed by atoms with E-state index >= 15 is 0 Å². The first-order valence-electron chi connectivity index (χ1n) is 6.59. The third-order valence-electron chi connectivity index (χ3n) is 2.96. The first-order chi connectivity index (χ1) is 11.5. The summed E-state index contributed by atoms with van der Waals surface area (Å²) in [6.07, 6.45) is 0. The summed E-state index contributed by atoms with van der Waals surface area (Å²) in [5.41, 5.74) is -0.276. The summed E-state index contributed by atoms with van der Waals surface area (Å²) in [6.45, 7) is 0. The van der Waals surface area contributed by atoms with E-state index in [1.165, 1.54) is 39.5 Å². The average Bonchev–Trinajstić information content (AvgIpc) is 2.60. The van der Waals surface area contributed by atoms with Crippen molar-refractivity contribution >= 4 is 17.5 Å². The number of nitro benzene ring substituents is 1. The molecule has 0 unspecified atom stereocenters. The fraction of sp³-hybridized carbons (Fsp3) is 0.214. The van der Waals surface area contributed by atoms with Gasteiger partial charge in [-0.25, -0.2) is 0 Å². The molecule has 10 heteroatoms. The third-order valence-corrected chi connectivity index (χ3v) is 2.96. The molecule has 1 amide bonds. The summed E-state index contributed by atoms with van der Waals surface area (Å²) in [7, 11) is 4.11. The molecular formula is C14H14N4O6. The Morgan fingerprint density at radius 2 is 1.71 bits per heavy atom. The summed E-state index contributed by atoms with van der Waals surface area (Å²) in [4.78, 5) is 30.5. The van der Waals surface area contributed by atoms with Gasteiger partial charge in [0.25, 0.3) is 5.91 Å². The number of hydrogen-bond donors (Lipinski definition) is 1. The van der Waals surface area contributed by atoms with Crippen molar-refractivity contribution in [3.8, 4) is 17.5 Å². The number of carbonyl (C=O) groups excluding carboxylic acids is 1. The van der Waals surface area contributed by atoms with E-state index in [-0.39, 0.29) is 34.7 Å². The molecule has 0 aliphatic rings. The molecule has 0 bridgehead atoms. The molecule has 1 aromatic carbocycles. The predicted molar refractivity (Wildman–Crippen MR) is 82.7 cm³/mol. The summed E-state index contributed by atoms with van der Waals surface area (Å²) in [5.74, 6) is -0.252. The highest BCUT2D eigenvalue weighted by Gasteiger charge is 2.19. The van der Waals surface area contributed by atoms with E-state index in [0.29, 0.717) is 0 Å². The maximum absolute atomic E-state index is 12.3. The topological polar surface area (TPSA) is 126 Å². The van der Waals surface area contributed by atoms with Crippen molar-refractivity contribution in [1.82, 2.24) is 9.97 Å². The summed E-state index contributed by atoms with van der Waals surface area (Å²) < 4.78 is 14.8. The van der Waals surface area contributed by atoms with Crippen LogP contribution in [0.5, 0.6) is 17.5 Å². The molecule has 1 heterocycles. The van der Waals surface area contributed by atoms with Gasteiger partial charge in [0.05, 0.1) is 32.3 Å². The number of ether oxygens (including phenoxy) is 3. The number of nitro groups is 1. The second-order valence-corrected chi connectivity index (χ2v) is 4.37. The number of rotatable bonds is 6. The van der Waals surface area contributed by atoms with Gasteiger partial charge in [0.2, 0.25) is 17.7 Å². The van der Waals surface area contributed by atoms with Crippen LogP contribution in [0.4, 0.5) is 11.6 Å². The van der Waals surface area contributed by atoms with Gasteiger partial charge in [0, 0.05) is 11.6 Å². The molecule has 0 aliphatic heterocycles. The maximum Gasteiger partial charge on any atom is 0.311 e. The summed E-state index contributed by atoms with van der Waals surface area (Å²) in [5, 5.41) is 13.4. The summed E-state index contributed by atoms with van der Waals surface area (Å²) in [6, 6.07) is 5.26. The van der Waals surface area contributed by atoms with Crippen molar-refractivity contribution in [2.45, 2.75) is 0 Å². The first-order valence-corrected chi connectivity index (χ1v) is 6.59. The zero-order valence-corrected chi connectivity index (χ0v) is 13.1. The van der Waals surface area contributed by atoms with Crippen LogP contribution >= 0.6 is 0 Å². The van der Waals surface area contributed by atoms with Gasteiger partial charge >= 0.3 is 5.69 Å². The van der Waals surface area contributed by atoms with Crippen molar-refractivity contribution in [3.63, 3.8) is 0 Å². The van der Waals surface area contributed by atoms with Gasteiger partial charge in [-0.05, 0) is 12.1 Å². The van der Waals surface area contributed by atoms with Crippen molar-refractivity contribution in [2.24, 2.45) is 0 Å². The molecule has 1 N–H and O–H groups in total. The monoisotopic (exact) mass is 334 g/mol. The lowest BCUT2D eigenvalue weighted by Gasteiger charge is -2.08. The lowest BCUT2D eigenvalue weighted by Crippen LogP contribution is -2.15. The highest BCUT2D eigenvalue weighted by atomic mass is 16.6. The van der Waals surface area contributed by atoms with Crippen molar-refractivity contribution in [2.75, 3.05) is 26.6 Å². The molecule has 2 rings (SSSR count). The van der Waals surface area contributed by atoms with Crippen LogP contribution in [0, 0.1) is 10.1 Å². The first kappa shape index (κ1) is 16.9. The van der Waals surface area contributed by atoms with E-state index in [1.807, 2.05) is 0 Å². The number of benzene rings is 1. The van der Waals surface area contributed by atoms with Gasteiger partial charge in [0.15, 0.2) is 5.75 Å². The SMILES string of the molecule is COc1cc(OC)nc(NC(=O)c2ccc(OC)c([N+](=O)[O-])c2)n1. The van der Waals surface area contributed by atoms with Crippen LogP contribution in [-0.2, 0) is 0 Å². The molecule has 2 aromatic rings. The molecule has 0 fully saturated rings. The third kappa shape index (κ3) is 3.66. The lowest BCUT2D eigenvalue weighted by molar-refractivity contribution is -0.385. The molecule has 0 radical (unpaired) electrons. The number of anilines is 1. The molecule has 0 saturated carbocycles. The van der Waals surface area contributed by atoms with Crippen molar-refractivity contribution < 1.29 is 23.9 Å². The van der Waals surface area contributed by atoms with Gasteiger partial charge < -0.3 is 14.2 Å². The van der Waals surface area contributed by atoms with Crippen LogP contribution in [0.2, 0.25) is 0 Å². The molecular weight excluding hydrogens is 320 g/mol. The zero-order chi connectivity index (χ0) is 17.7. The van der Waals surface area contributed by atoms with Crippen LogP contribution in [0.1, 0.15) is 10.4 Å². The van der Waals surface area contributed by atoms with E-state index < -0.39 is 10.8 Å². The number of amides is 1. The molecule has 10 nitrogen and oxygen atoms in total. The smallest absolute Gasteiger partial charge is 0.311 e. The van der Waals surface area contributed by atoms with Gasteiger partial charge in [0.1, 0.15) is 0 Å². The Morgan fingerprint density at radius 1 is 1.08 bits per heavy atom. The number of carbonyl (C=O) groups is 1. The summed E-state index contributed by atoms with van der Waals surface area (Å²) >= 11 is 0. The second-order valence-electron chi connectivity index (χ2n) is 4.37. The number of aromatic nitrogens is 2. The Balaban J connectivity index is 2.30. The van der Waals surface area contributed by atoms with Crippen LogP contribution in [0.25, 0.3) is 0 Å². The van der Waals surface area contributed by atoms with E-state index in [0.717, 1.165) is 6.07 Å². The molecule has 0 saturated heterocycles. The van der Waals surface area contributed by atoms with Gasteiger partial charge in [-0.15, -0.1) is 0 Å². The quantitative estimate of drug-likeness (QED) is 0.624. The van der Waals surface area contributed by atoms with E-state index in [2.05, 4.69) is 15.3 Å². The van der Waals surface area contributed by atoms with Crippen molar-refractivity contribution in [3.05, 3.63) is 39.9 Å². The number of nitrogens with one attached hydrogen (secondary N) is 1. The zero-order valence-electron chi connectivity index (χ0n) is 13.1. The number of hydrogen-bond acceptors (Lipinski definition) is 8. The van der Waals surface area contributed by atoms with Crippen LogP contribution in [0.15, 0.2) is 24.3 Å². The normalized spacial score (nSPS) is 9.96. The average molecular weight is 334 g/mol. The maximum atomic E-state index is 12.3. The van der Waals surface area contributed by atoms with E-state index in [9.17, 15) is 14.9 Å². The lowest BCUT2D eigenvalue weighted by atomic mass is 10.1. The van der Waals surface area contributed by atoms with Gasteiger partial charge in [-0.3, -0.25) is 20.2 Å². The van der Waals surface area contributed by atoms with Gasteiger partial charge in [-0.2, -0.15) is 9.97 Å². The molecule has 0 atom stereocenters. The molecule has 0 spiro atoms. The Kier molecular flexibility index (Phi) is 5.09. The van der Waals surface area contributed by atoms with Gasteiger partial charge in [-0.1, -0.05) is 0 Å². The van der Waals surface area contributed by atoms with Crippen LogP contribution in [-0.4, -0.2) is 42.1 Å². The minimum Gasteiger partial charge on any atom is -0.490 e. The van der Waals surface area contributed by atoms with Crippen molar-refractivity contribution in [1.29, 1.82) is 0 Å². The largest absolute Gasteiger partial charge is 0.490 e. The Morgan fingerprint density at radius 3 is 2.21 bits per heavy atom. The highest BCUT2D eigenvalue weighted by Crippen LogP contribution is 2.28. The fourth-order valence-corrected chi connectivity index (χ4v) is 1.82. The Hall–Kier alpha value is -3.43. The molecule has 1 aromatic heterocycles. The fourth-order valence-electron chi connectivity index (χ4n) is 1.82. The van der Waals surface area contributed by atoms with E-state index in [1.54, 1.807) is 0 Å². The van der Waals surface area contributed by atoms with Crippen LogP contribution in [0.3, 0.4) is 0 Å². The van der Waals surface area contributed by atoms with Crippen LogP contribution < -0.4 is 19.5 Å². The Labute approximate surface area is 136 Å². The predicted octanol–water partition coefficient (Wildman–Crippen LogP) is 1.66. The highest BCUT2D eigenvalue weighted by molar-refractivity contribution is 6.04. The minimum absolute atomic E-state index is 0.0490. The second kappa shape index (κ2) is 7.22. The number of methoxy groups -OCH3 is 3. The number of nitrogens with zero attached hydrogens (tertiary/aromatic N) is 3. The molecule has 24 heavy (non-hydrogen) atoms. The van der Waals surface area contributed by atoms with E-state index in [4.69, 9.17) is 14.2 Å². The standard InChI is InChI=1S/C14H14N4O6/c1-22-10-5-4-8(6-9(10)18(20)21)13(19)17-14-15-11(23-2)7-12(16-14)24-3/h4-7H,1-3H3,(H,15,16,17,19). The molecule has 0 aliphatic carbocycles. The minimum atomic E-state index is -0.638. The molecule has 126 valence electrons. The Bertz CT molecular complexity index is 758.